The summed E-state index contributed by atoms with van der Waals surface area (Å²) < 4.78 is 14.9. The fourth-order valence-corrected chi connectivity index (χ4v) is 3.52. The van der Waals surface area contributed by atoms with Crippen molar-refractivity contribution in [2.24, 2.45) is 7.05 Å². The van der Waals surface area contributed by atoms with Crippen molar-refractivity contribution in [3.05, 3.63) is 70.2 Å². The number of rotatable bonds is 4. The first-order valence-corrected chi connectivity index (χ1v) is 9.28. The molecule has 3 heterocycles. The first-order valence-electron chi connectivity index (χ1n) is 9.28. The smallest absolute Gasteiger partial charge is 0.260 e. The summed E-state index contributed by atoms with van der Waals surface area (Å²) in [7, 11) is 1.84. The topological polar surface area (TPSA) is 71.0 Å². The first kappa shape index (κ1) is 18.2. The van der Waals surface area contributed by atoms with Crippen molar-refractivity contribution in [1.29, 1.82) is 0 Å². The molecule has 2 aromatic heterocycles. The second-order valence-corrected chi connectivity index (χ2v) is 7.00. The van der Waals surface area contributed by atoms with Gasteiger partial charge in [-0.15, -0.1) is 0 Å². The van der Waals surface area contributed by atoms with Gasteiger partial charge in [0.05, 0.1) is 5.39 Å². The van der Waals surface area contributed by atoms with E-state index in [1.54, 1.807) is 33.9 Å². The maximum atomic E-state index is 13.1. The summed E-state index contributed by atoms with van der Waals surface area (Å²) in [6.45, 7) is 1.16. The van der Waals surface area contributed by atoms with Gasteiger partial charge in [-0.25, -0.2) is 9.37 Å². The molecule has 1 N–H and O–H groups in total. The second kappa shape index (κ2) is 7.42. The van der Waals surface area contributed by atoms with E-state index >= 15 is 0 Å². The minimum absolute atomic E-state index is 0.0315. The third kappa shape index (κ3) is 3.60. The summed E-state index contributed by atoms with van der Waals surface area (Å²) in [4.78, 5) is 33.7. The van der Waals surface area contributed by atoms with Crippen molar-refractivity contribution in [1.82, 2.24) is 19.4 Å². The van der Waals surface area contributed by atoms with Crippen LogP contribution in [0.15, 0.2) is 47.4 Å². The van der Waals surface area contributed by atoms with Crippen molar-refractivity contribution in [2.75, 3.05) is 13.1 Å². The molecule has 7 heteroatoms. The Labute approximate surface area is 161 Å². The minimum atomic E-state index is -0.253. The molecule has 4 rings (SSSR count). The zero-order valence-electron chi connectivity index (χ0n) is 15.6. The number of nitrogens with zero attached hydrogens (tertiary/aromatic N) is 3. The van der Waals surface area contributed by atoms with Gasteiger partial charge in [0.25, 0.3) is 5.56 Å². The maximum absolute atomic E-state index is 13.1. The molecule has 0 bridgehead atoms. The number of carbonyl (C=O) groups is 1. The number of H-pyrrole nitrogens is 1. The maximum Gasteiger partial charge on any atom is 0.260 e. The molecule has 0 aliphatic carbocycles. The Balaban J connectivity index is 1.39. The molecule has 0 saturated heterocycles. The van der Waals surface area contributed by atoms with Crippen LogP contribution in [0.4, 0.5) is 4.39 Å². The summed E-state index contributed by atoms with van der Waals surface area (Å²) in [5, 5.41) is 0.548. The lowest BCUT2D eigenvalue weighted by Gasteiger charge is -2.26. The van der Waals surface area contributed by atoms with Crippen LogP contribution in [0, 0.1) is 5.82 Å². The number of benzene rings is 1. The predicted octanol–water partition coefficient (Wildman–Crippen LogP) is 2.65. The fraction of sp³-hybridized carbons (Fsp3) is 0.286. The van der Waals surface area contributed by atoms with Gasteiger partial charge >= 0.3 is 0 Å². The van der Waals surface area contributed by atoms with Crippen LogP contribution in [-0.2, 0) is 18.3 Å². The number of nitrogens with one attached hydrogen (secondary N) is 1. The van der Waals surface area contributed by atoms with Gasteiger partial charge in [0.1, 0.15) is 17.3 Å². The van der Waals surface area contributed by atoms with Crippen LogP contribution in [0.1, 0.15) is 24.2 Å². The number of aryl methyl sites for hydroxylation is 2. The summed E-state index contributed by atoms with van der Waals surface area (Å²) in [5.41, 5.74) is 2.56. The van der Waals surface area contributed by atoms with E-state index in [9.17, 15) is 14.0 Å². The molecule has 28 heavy (non-hydrogen) atoms. The predicted molar refractivity (Wildman–Crippen MR) is 105 cm³/mol. The summed E-state index contributed by atoms with van der Waals surface area (Å²) in [6.07, 6.45) is 5.23. The highest BCUT2D eigenvalue weighted by Crippen LogP contribution is 2.23. The highest BCUT2D eigenvalue weighted by molar-refractivity contribution is 5.79. The van der Waals surface area contributed by atoms with Crippen LogP contribution in [-0.4, -0.2) is 38.4 Å². The van der Waals surface area contributed by atoms with Crippen LogP contribution in [0.2, 0.25) is 0 Å². The molecule has 3 aromatic rings. The number of aromatic nitrogens is 3. The Bertz CT molecular complexity index is 1110. The van der Waals surface area contributed by atoms with Crippen LogP contribution >= 0.6 is 0 Å². The van der Waals surface area contributed by atoms with Gasteiger partial charge in [0.2, 0.25) is 5.91 Å². The summed E-state index contributed by atoms with van der Waals surface area (Å²) in [6, 6.07) is 8.16. The van der Waals surface area contributed by atoms with Crippen molar-refractivity contribution < 1.29 is 9.18 Å². The van der Waals surface area contributed by atoms with Gasteiger partial charge < -0.3 is 14.5 Å². The van der Waals surface area contributed by atoms with E-state index in [1.807, 2.05) is 13.1 Å². The highest BCUT2D eigenvalue weighted by Gasteiger charge is 2.18. The van der Waals surface area contributed by atoms with E-state index in [1.165, 1.54) is 12.1 Å². The molecule has 1 aliphatic rings. The molecule has 0 unspecified atom stereocenters. The third-order valence-electron chi connectivity index (χ3n) is 5.14. The molecule has 1 aromatic carbocycles. The monoisotopic (exact) mass is 380 g/mol. The van der Waals surface area contributed by atoms with Crippen molar-refractivity contribution in [3.8, 4) is 0 Å². The Morgan fingerprint density at radius 3 is 2.75 bits per heavy atom. The fourth-order valence-electron chi connectivity index (χ4n) is 3.52. The minimum Gasteiger partial charge on any atom is -0.339 e. The Hall–Kier alpha value is -3.22. The van der Waals surface area contributed by atoms with E-state index in [0.29, 0.717) is 42.8 Å². The molecule has 144 valence electrons. The lowest BCUT2D eigenvalue weighted by atomic mass is 9.99. The Morgan fingerprint density at radius 2 is 2.04 bits per heavy atom. The summed E-state index contributed by atoms with van der Waals surface area (Å²) >= 11 is 0. The van der Waals surface area contributed by atoms with E-state index < -0.39 is 0 Å². The van der Waals surface area contributed by atoms with Gasteiger partial charge in [-0.05, 0) is 35.8 Å². The molecule has 0 fully saturated rings. The molecule has 0 atom stereocenters. The zero-order chi connectivity index (χ0) is 19.7. The van der Waals surface area contributed by atoms with Crippen LogP contribution in [0.25, 0.3) is 16.6 Å². The lowest BCUT2D eigenvalue weighted by molar-refractivity contribution is -0.130. The van der Waals surface area contributed by atoms with Crippen molar-refractivity contribution in [3.63, 3.8) is 0 Å². The third-order valence-corrected chi connectivity index (χ3v) is 5.14. The molecule has 1 aliphatic heterocycles. The molecule has 0 spiro atoms. The van der Waals surface area contributed by atoms with Crippen molar-refractivity contribution >= 4 is 22.5 Å². The molecule has 0 saturated carbocycles. The number of carbonyl (C=O) groups excluding carboxylic acids is 1. The van der Waals surface area contributed by atoms with E-state index in [2.05, 4.69) is 9.97 Å². The number of hydrogen-bond acceptors (Lipinski definition) is 3. The summed E-state index contributed by atoms with van der Waals surface area (Å²) in [5.74, 6) is 0.299. The molecular weight excluding hydrogens is 359 g/mol. The normalized spacial score (nSPS) is 14.4. The van der Waals surface area contributed by atoms with Crippen molar-refractivity contribution in [2.45, 2.75) is 19.3 Å². The van der Waals surface area contributed by atoms with E-state index in [-0.39, 0.29) is 17.3 Å². The van der Waals surface area contributed by atoms with Crippen LogP contribution in [0.5, 0.6) is 0 Å². The van der Waals surface area contributed by atoms with Gasteiger partial charge in [-0.2, -0.15) is 0 Å². The Morgan fingerprint density at radius 1 is 1.25 bits per heavy atom. The Kier molecular flexibility index (Phi) is 4.81. The molecule has 0 radical (unpaired) electrons. The van der Waals surface area contributed by atoms with Gasteiger partial charge in [0, 0.05) is 39.2 Å². The number of hydrogen-bond donors (Lipinski definition) is 1. The average molecular weight is 380 g/mol. The SMILES string of the molecule is Cn1ccc2c(=O)[nH]c(CCC(=O)N3CC=C(c4ccc(F)cc4)CC3)nc21. The molecular formula is C21H21FN4O2. The number of fused-ring (bicyclic) bond motifs is 1. The van der Waals surface area contributed by atoms with Crippen LogP contribution in [0.3, 0.4) is 0 Å². The highest BCUT2D eigenvalue weighted by atomic mass is 19.1. The largest absolute Gasteiger partial charge is 0.339 e. The van der Waals surface area contributed by atoms with Crippen LogP contribution < -0.4 is 5.56 Å². The quantitative estimate of drug-likeness (QED) is 0.756. The second-order valence-electron chi connectivity index (χ2n) is 7.00. The van der Waals surface area contributed by atoms with Gasteiger partial charge in [-0.1, -0.05) is 18.2 Å². The number of amides is 1. The van der Waals surface area contributed by atoms with E-state index in [0.717, 1.165) is 17.6 Å². The number of aromatic amines is 1. The molecule has 6 nitrogen and oxygen atoms in total. The van der Waals surface area contributed by atoms with E-state index in [4.69, 9.17) is 0 Å². The standard InChI is InChI=1S/C21H21FN4O2/c1-25-11-10-17-20(25)23-18(24-21(17)28)6-7-19(27)26-12-8-15(9-13-26)14-2-4-16(22)5-3-14/h2-5,8,10-11H,6-7,9,12-13H2,1H3,(H,23,24,28). The lowest BCUT2D eigenvalue weighted by Crippen LogP contribution is -2.35. The van der Waals surface area contributed by atoms with Gasteiger partial charge in [-0.3, -0.25) is 9.59 Å². The first-order chi connectivity index (χ1) is 13.5. The average Bonchev–Trinajstić information content (AvgIpc) is 3.08. The molecule has 1 amide bonds. The van der Waals surface area contributed by atoms with Gasteiger partial charge in [0.15, 0.2) is 0 Å². The number of halogens is 1. The zero-order valence-corrected chi connectivity index (χ0v) is 15.6.